The number of rotatable bonds is 5. The zero-order chi connectivity index (χ0) is 23.9. The number of hydrogen-bond donors (Lipinski definition) is 1. The van der Waals surface area contributed by atoms with Crippen molar-refractivity contribution in [2.45, 2.75) is 44.5 Å². The highest BCUT2D eigenvalue weighted by Crippen LogP contribution is 2.31. The number of ether oxygens (including phenoxy) is 1. The summed E-state index contributed by atoms with van der Waals surface area (Å²) in [7, 11) is 0. The van der Waals surface area contributed by atoms with Crippen molar-refractivity contribution in [3.8, 4) is 5.75 Å². The summed E-state index contributed by atoms with van der Waals surface area (Å²) in [4.78, 5) is 45.1. The molecule has 8 heteroatoms. The minimum absolute atomic E-state index is 0.0739. The van der Waals surface area contributed by atoms with Crippen LogP contribution in [0.3, 0.4) is 0 Å². The SMILES string of the molecule is O=C1CCC(N2Cc3cc(O[C@@H]4CCN(Cc5cnc6ccccc6c5)C4)ccc3C2=O)C(=O)N1. The lowest BCUT2D eigenvalue weighted by Gasteiger charge is -2.29. The fourth-order valence-corrected chi connectivity index (χ4v) is 5.31. The first-order valence-electron chi connectivity index (χ1n) is 12.0. The van der Waals surface area contributed by atoms with E-state index in [1.807, 2.05) is 36.5 Å². The molecule has 35 heavy (non-hydrogen) atoms. The van der Waals surface area contributed by atoms with Crippen LogP contribution in [0.15, 0.2) is 54.7 Å². The number of imide groups is 1. The van der Waals surface area contributed by atoms with E-state index < -0.39 is 11.9 Å². The fraction of sp³-hybridized carbons (Fsp3) is 0.333. The molecule has 3 amide bonds. The third kappa shape index (κ3) is 4.25. The molecule has 4 heterocycles. The van der Waals surface area contributed by atoms with Gasteiger partial charge < -0.3 is 9.64 Å². The zero-order valence-corrected chi connectivity index (χ0v) is 19.3. The number of para-hydroxylation sites is 1. The van der Waals surface area contributed by atoms with E-state index in [9.17, 15) is 14.4 Å². The van der Waals surface area contributed by atoms with Gasteiger partial charge in [0, 0.05) is 49.7 Å². The summed E-state index contributed by atoms with van der Waals surface area (Å²) >= 11 is 0. The maximum absolute atomic E-state index is 12.9. The summed E-state index contributed by atoms with van der Waals surface area (Å²) in [6, 6.07) is 15.3. The second kappa shape index (κ2) is 8.78. The average Bonchev–Trinajstić information content (AvgIpc) is 3.42. The van der Waals surface area contributed by atoms with Crippen molar-refractivity contribution in [1.82, 2.24) is 20.1 Å². The number of hydrogen-bond acceptors (Lipinski definition) is 6. The van der Waals surface area contributed by atoms with Gasteiger partial charge in [-0.25, -0.2) is 0 Å². The van der Waals surface area contributed by atoms with E-state index >= 15 is 0 Å². The molecule has 0 bridgehead atoms. The van der Waals surface area contributed by atoms with Crippen LogP contribution in [0.1, 0.15) is 40.7 Å². The van der Waals surface area contributed by atoms with Crippen LogP contribution in [0.2, 0.25) is 0 Å². The first-order chi connectivity index (χ1) is 17.0. The van der Waals surface area contributed by atoms with Crippen LogP contribution in [-0.2, 0) is 22.7 Å². The van der Waals surface area contributed by atoms with Crippen LogP contribution in [0.4, 0.5) is 0 Å². The molecule has 0 saturated carbocycles. The Morgan fingerprint density at radius 1 is 1.06 bits per heavy atom. The summed E-state index contributed by atoms with van der Waals surface area (Å²) in [5.74, 6) is -0.113. The Morgan fingerprint density at radius 2 is 1.94 bits per heavy atom. The molecule has 1 unspecified atom stereocenters. The van der Waals surface area contributed by atoms with Gasteiger partial charge in [0.2, 0.25) is 11.8 Å². The van der Waals surface area contributed by atoms with E-state index in [4.69, 9.17) is 4.74 Å². The number of amides is 3. The van der Waals surface area contributed by atoms with E-state index in [1.54, 1.807) is 11.0 Å². The summed E-state index contributed by atoms with van der Waals surface area (Å²) < 4.78 is 6.28. The van der Waals surface area contributed by atoms with Crippen molar-refractivity contribution in [2.75, 3.05) is 13.1 Å². The van der Waals surface area contributed by atoms with Crippen LogP contribution in [0.5, 0.6) is 5.75 Å². The van der Waals surface area contributed by atoms with E-state index in [2.05, 4.69) is 27.3 Å². The Balaban J connectivity index is 1.08. The molecule has 2 aromatic carbocycles. The standard InChI is InChI=1S/C27H26N4O4/c32-25-8-7-24(26(33)29-25)31-15-19-12-20(5-6-22(19)27(31)34)35-21-9-10-30(16-21)14-17-11-18-3-1-2-4-23(18)28-13-17/h1-6,11-13,21,24H,7-10,14-16H2,(H,29,32,33)/t21-,24?/m1/s1. The molecule has 3 aliphatic heterocycles. The number of carbonyl (C=O) groups excluding carboxylic acids is 3. The monoisotopic (exact) mass is 470 g/mol. The summed E-state index contributed by atoms with van der Waals surface area (Å²) in [5.41, 5.74) is 3.65. The zero-order valence-electron chi connectivity index (χ0n) is 19.3. The van der Waals surface area contributed by atoms with Gasteiger partial charge >= 0.3 is 0 Å². The number of fused-ring (bicyclic) bond motifs is 2. The number of likely N-dealkylation sites (tertiary alicyclic amines) is 1. The van der Waals surface area contributed by atoms with Gasteiger partial charge in [-0.2, -0.15) is 0 Å². The largest absolute Gasteiger partial charge is 0.489 e. The molecule has 1 aromatic heterocycles. The summed E-state index contributed by atoms with van der Waals surface area (Å²) in [5, 5.41) is 3.49. The summed E-state index contributed by atoms with van der Waals surface area (Å²) in [6.45, 7) is 2.95. The number of pyridine rings is 1. The van der Waals surface area contributed by atoms with Crippen molar-refractivity contribution in [3.63, 3.8) is 0 Å². The highest BCUT2D eigenvalue weighted by Gasteiger charge is 2.39. The van der Waals surface area contributed by atoms with Gasteiger partial charge in [0.25, 0.3) is 5.91 Å². The Hall–Kier alpha value is -3.78. The quantitative estimate of drug-likeness (QED) is 0.577. The average molecular weight is 471 g/mol. The van der Waals surface area contributed by atoms with Crippen LogP contribution in [0, 0.1) is 0 Å². The molecule has 3 aromatic rings. The normalized spacial score (nSPS) is 22.5. The number of piperidine rings is 1. The van der Waals surface area contributed by atoms with Gasteiger partial charge in [-0.3, -0.25) is 29.6 Å². The highest BCUT2D eigenvalue weighted by molar-refractivity contribution is 6.05. The van der Waals surface area contributed by atoms with Gasteiger partial charge in [0.1, 0.15) is 17.9 Å². The molecule has 2 atom stereocenters. The minimum Gasteiger partial charge on any atom is -0.489 e. The first-order valence-corrected chi connectivity index (χ1v) is 12.0. The molecule has 0 spiro atoms. The summed E-state index contributed by atoms with van der Waals surface area (Å²) in [6.07, 6.45) is 3.56. The van der Waals surface area contributed by atoms with Gasteiger partial charge in [-0.05, 0) is 54.3 Å². The van der Waals surface area contributed by atoms with Gasteiger partial charge in [0.05, 0.1) is 5.52 Å². The molecular formula is C27H26N4O4. The van der Waals surface area contributed by atoms with Crippen LogP contribution in [0.25, 0.3) is 10.9 Å². The maximum Gasteiger partial charge on any atom is 0.255 e. The van der Waals surface area contributed by atoms with Crippen molar-refractivity contribution < 1.29 is 19.1 Å². The third-order valence-electron chi connectivity index (χ3n) is 7.08. The van der Waals surface area contributed by atoms with E-state index in [-0.39, 0.29) is 24.3 Å². The lowest BCUT2D eigenvalue weighted by Crippen LogP contribution is -2.52. The molecule has 6 rings (SSSR count). The molecule has 2 saturated heterocycles. The predicted octanol–water partition coefficient (Wildman–Crippen LogP) is 2.65. The van der Waals surface area contributed by atoms with Crippen LogP contribution >= 0.6 is 0 Å². The number of nitrogens with zero attached hydrogens (tertiary/aromatic N) is 3. The van der Waals surface area contributed by atoms with Crippen molar-refractivity contribution in [1.29, 1.82) is 0 Å². The van der Waals surface area contributed by atoms with Crippen molar-refractivity contribution in [2.24, 2.45) is 0 Å². The molecule has 1 N–H and O–H groups in total. The lowest BCUT2D eigenvalue weighted by atomic mass is 10.0. The molecular weight excluding hydrogens is 444 g/mol. The second-order valence-corrected chi connectivity index (χ2v) is 9.52. The Kier molecular flexibility index (Phi) is 5.45. The van der Waals surface area contributed by atoms with Gasteiger partial charge in [0.15, 0.2) is 0 Å². The van der Waals surface area contributed by atoms with Crippen molar-refractivity contribution >= 4 is 28.6 Å². The van der Waals surface area contributed by atoms with E-state index in [0.717, 1.165) is 48.3 Å². The number of carbonyl (C=O) groups is 3. The number of benzene rings is 2. The van der Waals surface area contributed by atoms with Gasteiger partial charge in [-0.15, -0.1) is 0 Å². The number of aromatic nitrogens is 1. The Morgan fingerprint density at radius 3 is 2.83 bits per heavy atom. The third-order valence-corrected chi connectivity index (χ3v) is 7.08. The second-order valence-electron chi connectivity index (χ2n) is 9.52. The van der Waals surface area contributed by atoms with Crippen molar-refractivity contribution in [3.05, 3.63) is 71.4 Å². The molecule has 0 radical (unpaired) electrons. The predicted molar refractivity (Wildman–Crippen MR) is 129 cm³/mol. The smallest absolute Gasteiger partial charge is 0.255 e. The fourth-order valence-electron chi connectivity index (χ4n) is 5.31. The first kappa shape index (κ1) is 21.7. The van der Waals surface area contributed by atoms with Gasteiger partial charge in [-0.1, -0.05) is 18.2 Å². The lowest BCUT2D eigenvalue weighted by molar-refractivity contribution is -0.136. The molecule has 178 valence electrons. The maximum atomic E-state index is 12.9. The molecule has 8 nitrogen and oxygen atoms in total. The van der Waals surface area contributed by atoms with E-state index in [1.165, 1.54) is 5.56 Å². The highest BCUT2D eigenvalue weighted by atomic mass is 16.5. The topological polar surface area (TPSA) is 91.8 Å². The van der Waals surface area contributed by atoms with Crippen LogP contribution < -0.4 is 10.1 Å². The number of nitrogens with one attached hydrogen (secondary N) is 1. The molecule has 2 fully saturated rings. The minimum atomic E-state index is -0.607. The van der Waals surface area contributed by atoms with Crippen LogP contribution in [-0.4, -0.2) is 57.7 Å². The Labute approximate surface area is 202 Å². The molecule has 0 aliphatic carbocycles. The Bertz CT molecular complexity index is 1340. The molecule has 3 aliphatic rings. The van der Waals surface area contributed by atoms with E-state index in [0.29, 0.717) is 18.5 Å².